The molecule has 0 bridgehead atoms. The van der Waals surface area contributed by atoms with Crippen molar-refractivity contribution in [2.24, 2.45) is 5.73 Å². The van der Waals surface area contributed by atoms with E-state index in [2.05, 4.69) is 24.1 Å². The molecule has 1 aromatic carbocycles. The minimum atomic E-state index is -0.247. The van der Waals surface area contributed by atoms with Crippen LogP contribution in [-0.2, 0) is 6.54 Å². The molecule has 1 aromatic rings. The Bertz CT molecular complexity index is 330. The second-order valence-corrected chi connectivity index (χ2v) is 4.23. The number of likely N-dealkylation sites (N-methyl/N-ethyl adjacent to an activating group) is 1. The monoisotopic (exact) mass is 206 g/mol. The van der Waals surface area contributed by atoms with Gasteiger partial charge in [-0.15, -0.1) is 0 Å². The van der Waals surface area contributed by atoms with E-state index in [1.54, 1.807) is 0 Å². The predicted octanol–water partition coefficient (Wildman–Crippen LogP) is 0.883. The van der Waals surface area contributed by atoms with Crippen LogP contribution >= 0.6 is 0 Å². The number of hydrogen-bond acceptors (Lipinski definition) is 3. The second kappa shape index (κ2) is 4.31. The summed E-state index contributed by atoms with van der Waals surface area (Å²) >= 11 is 0. The SMILES string of the molecule is CN1CCC(O)C1c1cccc(CN)c1. The number of rotatable bonds is 2. The zero-order valence-electron chi connectivity index (χ0n) is 9.06. The molecule has 1 heterocycles. The van der Waals surface area contributed by atoms with E-state index < -0.39 is 0 Å². The molecule has 1 aliphatic rings. The van der Waals surface area contributed by atoms with Gasteiger partial charge in [0.2, 0.25) is 0 Å². The van der Waals surface area contributed by atoms with Crippen molar-refractivity contribution < 1.29 is 5.11 Å². The molecule has 1 fully saturated rings. The minimum absolute atomic E-state index is 0.136. The van der Waals surface area contributed by atoms with Crippen molar-refractivity contribution in [1.29, 1.82) is 0 Å². The van der Waals surface area contributed by atoms with Gasteiger partial charge in [0.05, 0.1) is 12.1 Å². The zero-order chi connectivity index (χ0) is 10.8. The minimum Gasteiger partial charge on any atom is -0.391 e. The summed E-state index contributed by atoms with van der Waals surface area (Å²) in [6, 6.07) is 8.32. The van der Waals surface area contributed by atoms with Gasteiger partial charge in [-0.25, -0.2) is 0 Å². The molecule has 2 atom stereocenters. The molecule has 3 N–H and O–H groups in total. The van der Waals surface area contributed by atoms with Crippen LogP contribution in [0.5, 0.6) is 0 Å². The average molecular weight is 206 g/mol. The third-order valence-electron chi connectivity index (χ3n) is 3.15. The third-order valence-corrected chi connectivity index (χ3v) is 3.15. The van der Waals surface area contributed by atoms with Crippen LogP contribution in [0, 0.1) is 0 Å². The Labute approximate surface area is 90.5 Å². The van der Waals surface area contributed by atoms with Crippen molar-refractivity contribution >= 4 is 0 Å². The molecule has 3 nitrogen and oxygen atoms in total. The summed E-state index contributed by atoms with van der Waals surface area (Å²) in [6.07, 6.45) is 0.608. The van der Waals surface area contributed by atoms with Crippen molar-refractivity contribution in [2.45, 2.75) is 25.1 Å². The van der Waals surface area contributed by atoms with E-state index in [0.29, 0.717) is 6.54 Å². The van der Waals surface area contributed by atoms with Gasteiger partial charge in [-0.2, -0.15) is 0 Å². The van der Waals surface area contributed by atoms with Crippen LogP contribution in [0.1, 0.15) is 23.6 Å². The summed E-state index contributed by atoms with van der Waals surface area (Å²) in [6.45, 7) is 1.51. The molecule has 15 heavy (non-hydrogen) atoms. The molecule has 3 heteroatoms. The van der Waals surface area contributed by atoms with Gasteiger partial charge in [-0.1, -0.05) is 24.3 Å². The molecule has 1 aliphatic heterocycles. The molecule has 0 amide bonds. The fraction of sp³-hybridized carbons (Fsp3) is 0.500. The maximum atomic E-state index is 9.90. The summed E-state index contributed by atoms with van der Waals surface area (Å²) in [4.78, 5) is 2.19. The Morgan fingerprint density at radius 1 is 1.53 bits per heavy atom. The Morgan fingerprint density at radius 2 is 2.33 bits per heavy atom. The second-order valence-electron chi connectivity index (χ2n) is 4.23. The lowest BCUT2D eigenvalue weighted by atomic mass is 10.0. The van der Waals surface area contributed by atoms with Crippen LogP contribution in [0.15, 0.2) is 24.3 Å². The molecule has 82 valence electrons. The summed E-state index contributed by atoms with van der Waals surface area (Å²) in [5.74, 6) is 0. The van der Waals surface area contributed by atoms with E-state index in [1.807, 2.05) is 12.1 Å². The maximum Gasteiger partial charge on any atom is 0.0749 e. The van der Waals surface area contributed by atoms with Crippen LogP contribution in [0.4, 0.5) is 0 Å². The molecule has 0 radical (unpaired) electrons. The van der Waals surface area contributed by atoms with E-state index in [1.165, 1.54) is 5.56 Å². The van der Waals surface area contributed by atoms with Crippen molar-refractivity contribution in [1.82, 2.24) is 4.90 Å². The Balaban J connectivity index is 2.27. The first kappa shape index (κ1) is 10.6. The van der Waals surface area contributed by atoms with Crippen molar-refractivity contribution in [3.05, 3.63) is 35.4 Å². The van der Waals surface area contributed by atoms with Gasteiger partial charge >= 0.3 is 0 Å². The highest BCUT2D eigenvalue weighted by atomic mass is 16.3. The number of nitrogens with two attached hydrogens (primary N) is 1. The van der Waals surface area contributed by atoms with Gasteiger partial charge in [0.1, 0.15) is 0 Å². The van der Waals surface area contributed by atoms with Gasteiger partial charge in [-0.3, -0.25) is 4.90 Å². The Hall–Kier alpha value is -0.900. The quantitative estimate of drug-likeness (QED) is 0.755. The lowest BCUT2D eigenvalue weighted by Gasteiger charge is -2.22. The van der Waals surface area contributed by atoms with E-state index >= 15 is 0 Å². The highest BCUT2D eigenvalue weighted by Gasteiger charge is 2.31. The number of nitrogens with zero attached hydrogens (tertiary/aromatic N) is 1. The first-order valence-electron chi connectivity index (χ1n) is 5.39. The summed E-state index contributed by atoms with van der Waals surface area (Å²) < 4.78 is 0. The van der Waals surface area contributed by atoms with Crippen molar-refractivity contribution in [3.8, 4) is 0 Å². The van der Waals surface area contributed by atoms with Crippen LogP contribution in [0.3, 0.4) is 0 Å². The van der Waals surface area contributed by atoms with E-state index in [9.17, 15) is 5.11 Å². The lowest BCUT2D eigenvalue weighted by molar-refractivity contribution is 0.127. The summed E-state index contributed by atoms with van der Waals surface area (Å²) in [5, 5.41) is 9.90. The molecular weight excluding hydrogens is 188 g/mol. The maximum absolute atomic E-state index is 9.90. The Morgan fingerprint density at radius 3 is 2.93 bits per heavy atom. The van der Waals surface area contributed by atoms with Gasteiger partial charge < -0.3 is 10.8 Å². The predicted molar refractivity (Wildman–Crippen MR) is 60.3 cm³/mol. The lowest BCUT2D eigenvalue weighted by Crippen LogP contribution is -2.23. The number of aliphatic hydroxyl groups excluding tert-OH is 1. The molecule has 0 aliphatic carbocycles. The van der Waals surface area contributed by atoms with Gasteiger partial charge in [0.15, 0.2) is 0 Å². The highest BCUT2D eigenvalue weighted by Crippen LogP contribution is 2.30. The normalized spacial score (nSPS) is 27.1. The van der Waals surface area contributed by atoms with E-state index in [0.717, 1.165) is 18.5 Å². The van der Waals surface area contributed by atoms with Gasteiger partial charge in [0, 0.05) is 13.1 Å². The first-order chi connectivity index (χ1) is 7.22. The number of hydrogen-bond donors (Lipinski definition) is 2. The van der Waals surface area contributed by atoms with E-state index in [-0.39, 0.29) is 12.1 Å². The first-order valence-corrected chi connectivity index (χ1v) is 5.39. The smallest absolute Gasteiger partial charge is 0.0749 e. The van der Waals surface area contributed by atoms with Crippen molar-refractivity contribution in [3.63, 3.8) is 0 Å². The summed E-state index contributed by atoms with van der Waals surface area (Å²) in [5.41, 5.74) is 7.91. The molecular formula is C12H18N2O. The van der Waals surface area contributed by atoms with Crippen LogP contribution in [0.25, 0.3) is 0 Å². The number of benzene rings is 1. The fourth-order valence-corrected chi connectivity index (χ4v) is 2.31. The molecule has 0 aromatic heterocycles. The molecule has 2 unspecified atom stereocenters. The number of likely N-dealkylation sites (tertiary alicyclic amines) is 1. The zero-order valence-corrected chi connectivity index (χ0v) is 9.06. The average Bonchev–Trinajstić information content (AvgIpc) is 2.59. The van der Waals surface area contributed by atoms with Crippen LogP contribution in [-0.4, -0.2) is 29.7 Å². The highest BCUT2D eigenvalue weighted by molar-refractivity contribution is 5.27. The Kier molecular flexibility index (Phi) is 3.05. The van der Waals surface area contributed by atoms with Crippen LogP contribution in [0.2, 0.25) is 0 Å². The fourth-order valence-electron chi connectivity index (χ4n) is 2.31. The third kappa shape index (κ3) is 2.04. The van der Waals surface area contributed by atoms with Crippen LogP contribution < -0.4 is 5.73 Å². The molecule has 0 saturated carbocycles. The van der Waals surface area contributed by atoms with Gasteiger partial charge in [0.25, 0.3) is 0 Å². The molecule has 0 spiro atoms. The topological polar surface area (TPSA) is 49.5 Å². The molecule has 2 rings (SSSR count). The number of aliphatic hydroxyl groups is 1. The molecule has 1 saturated heterocycles. The standard InChI is InChI=1S/C12H18N2O/c1-14-6-5-11(15)12(14)10-4-2-3-9(7-10)8-13/h2-4,7,11-12,15H,5-6,8,13H2,1H3. The van der Waals surface area contributed by atoms with E-state index in [4.69, 9.17) is 5.73 Å². The van der Waals surface area contributed by atoms with Crippen molar-refractivity contribution in [2.75, 3.05) is 13.6 Å². The largest absolute Gasteiger partial charge is 0.391 e. The van der Waals surface area contributed by atoms with Gasteiger partial charge in [-0.05, 0) is 24.6 Å². The summed E-state index contributed by atoms with van der Waals surface area (Å²) in [7, 11) is 2.05.